The van der Waals surface area contributed by atoms with Gasteiger partial charge in [-0.15, -0.1) is 0 Å². The van der Waals surface area contributed by atoms with E-state index in [1.54, 1.807) is 6.33 Å². The summed E-state index contributed by atoms with van der Waals surface area (Å²) in [6.45, 7) is 0. The molecule has 3 nitrogen and oxygen atoms in total. The summed E-state index contributed by atoms with van der Waals surface area (Å²) < 4.78 is 6.94. The summed E-state index contributed by atoms with van der Waals surface area (Å²) >= 11 is 0. The van der Waals surface area contributed by atoms with Crippen LogP contribution in [0.4, 0.5) is 0 Å². The van der Waals surface area contributed by atoms with Gasteiger partial charge in [0.15, 0.2) is 0 Å². The molecule has 0 fully saturated rings. The van der Waals surface area contributed by atoms with Crippen molar-refractivity contribution in [2.75, 3.05) is 0 Å². The van der Waals surface area contributed by atoms with E-state index in [4.69, 9.17) is 14.4 Å². The van der Waals surface area contributed by atoms with Crippen LogP contribution in [0.1, 0.15) is 0 Å². The largest absolute Gasteiger partial charge is 0.455 e. The van der Waals surface area contributed by atoms with E-state index in [1.807, 2.05) is 42.5 Å². The zero-order valence-corrected chi connectivity index (χ0v) is 21.2. The van der Waals surface area contributed by atoms with Crippen LogP contribution < -0.4 is 0 Å². The van der Waals surface area contributed by atoms with Crippen molar-refractivity contribution in [3.8, 4) is 56.3 Å². The molecule has 5 aromatic carbocycles. The highest BCUT2D eigenvalue weighted by Crippen LogP contribution is 2.46. The van der Waals surface area contributed by atoms with Crippen LogP contribution in [0.2, 0.25) is 0 Å². The second-order valence-electron chi connectivity index (χ2n) is 9.40. The minimum absolute atomic E-state index is 0.766. The topological polar surface area (TPSA) is 38.9 Å². The first kappa shape index (κ1) is 22.9. The number of hydrogen-bond acceptors (Lipinski definition) is 3. The van der Waals surface area contributed by atoms with Crippen LogP contribution in [0.25, 0.3) is 67.1 Å². The van der Waals surface area contributed by atoms with Crippen molar-refractivity contribution in [1.82, 2.24) is 9.97 Å². The van der Waals surface area contributed by atoms with E-state index in [0.29, 0.717) is 0 Å². The molecule has 0 aliphatic heterocycles. The second-order valence-corrected chi connectivity index (χ2v) is 9.40. The van der Waals surface area contributed by atoms with Gasteiger partial charge in [-0.1, -0.05) is 140 Å². The molecule has 0 saturated carbocycles. The van der Waals surface area contributed by atoms with Gasteiger partial charge in [0.25, 0.3) is 0 Å². The Morgan fingerprint density at radius 2 is 0.821 bits per heavy atom. The molecule has 0 aliphatic rings. The summed E-state index contributed by atoms with van der Waals surface area (Å²) in [7, 11) is 0. The van der Waals surface area contributed by atoms with Crippen LogP contribution in [0.15, 0.2) is 150 Å². The molecule has 0 bridgehead atoms. The normalized spacial score (nSPS) is 11.1. The first-order valence-corrected chi connectivity index (χ1v) is 13.0. The predicted octanol–water partition coefficient (Wildman–Crippen LogP) is 9.56. The van der Waals surface area contributed by atoms with Crippen LogP contribution in [-0.4, -0.2) is 9.97 Å². The fourth-order valence-electron chi connectivity index (χ4n) is 5.26. The fourth-order valence-corrected chi connectivity index (χ4v) is 5.26. The van der Waals surface area contributed by atoms with Gasteiger partial charge in [0.1, 0.15) is 17.8 Å². The molecule has 0 radical (unpaired) electrons. The summed E-state index contributed by atoms with van der Waals surface area (Å²) in [5.74, 6) is 1.60. The molecule has 0 spiro atoms. The SMILES string of the molecule is c1ccc(-c2ccccc2-c2oc(-c3c(-c4ccccc4)ncnc3-c3ccccc3)c3ccccc23)cc1. The van der Waals surface area contributed by atoms with Crippen molar-refractivity contribution < 1.29 is 4.42 Å². The minimum Gasteiger partial charge on any atom is -0.455 e. The van der Waals surface area contributed by atoms with E-state index in [9.17, 15) is 0 Å². The molecule has 7 aromatic rings. The summed E-state index contributed by atoms with van der Waals surface area (Å²) in [5, 5.41) is 2.08. The van der Waals surface area contributed by atoms with E-state index in [0.717, 1.165) is 67.1 Å². The van der Waals surface area contributed by atoms with Gasteiger partial charge in [-0.2, -0.15) is 0 Å². The maximum absolute atomic E-state index is 6.94. The van der Waals surface area contributed by atoms with Gasteiger partial charge in [0.2, 0.25) is 0 Å². The smallest absolute Gasteiger partial charge is 0.147 e. The van der Waals surface area contributed by atoms with Crippen LogP contribution in [0, 0.1) is 0 Å². The van der Waals surface area contributed by atoms with Crippen molar-refractivity contribution in [3.63, 3.8) is 0 Å². The second kappa shape index (κ2) is 9.88. The van der Waals surface area contributed by atoms with Crippen LogP contribution >= 0.6 is 0 Å². The summed E-state index contributed by atoms with van der Waals surface area (Å²) in [5.41, 5.74) is 7.91. The molecule has 0 aliphatic carbocycles. The van der Waals surface area contributed by atoms with E-state index in [-0.39, 0.29) is 0 Å². The van der Waals surface area contributed by atoms with Gasteiger partial charge >= 0.3 is 0 Å². The molecule has 0 N–H and O–H groups in total. The molecule has 0 unspecified atom stereocenters. The average molecular weight is 501 g/mol. The first-order chi connectivity index (χ1) is 19.4. The molecule has 2 aromatic heterocycles. The lowest BCUT2D eigenvalue weighted by Crippen LogP contribution is -1.96. The molecule has 0 atom stereocenters. The molecular formula is C36H24N2O. The highest BCUT2D eigenvalue weighted by molar-refractivity contribution is 6.08. The number of nitrogens with zero attached hydrogens (tertiary/aromatic N) is 2. The zero-order valence-electron chi connectivity index (χ0n) is 21.2. The molecule has 39 heavy (non-hydrogen) atoms. The Kier molecular flexibility index (Phi) is 5.80. The summed E-state index contributed by atoms with van der Waals surface area (Å²) in [6.07, 6.45) is 1.64. The number of fused-ring (bicyclic) bond motifs is 1. The molecule has 2 heterocycles. The molecule has 0 saturated heterocycles. The molecule has 7 rings (SSSR count). The standard InChI is InChI=1S/C36H24N2O/c1-4-14-25(15-5-1)28-20-10-11-21-29(28)35-30-22-12-13-23-31(30)36(39-35)32-33(26-16-6-2-7-17-26)37-24-38-34(32)27-18-8-3-9-19-27/h1-24H. The first-order valence-electron chi connectivity index (χ1n) is 13.0. The van der Waals surface area contributed by atoms with Gasteiger partial charge in [-0.3, -0.25) is 0 Å². The van der Waals surface area contributed by atoms with Crippen LogP contribution in [0.3, 0.4) is 0 Å². The highest BCUT2D eigenvalue weighted by Gasteiger charge is 2.25. The summed E-state index contributed by atoms with van der Waals surface area (Å²) in [6, 6.07) is 47.7. The monoisotopic (exact) mass is 500 g/mol. The Labute approximate surface area is 227 Å². The van der Waals surface area contributed by atoms with Gasteiger partial charge < -0.3 is 4.42 Å². The van der Waals surface area contributed by atoms with Crippen molar-refractivity contribution in [2.24, 2.45) is 0 Å². The lowest BCUT2D eigenvalue weighted by molar-refractivity contribution is 0.602. The minimum atomic E-state index is 0.766. The van der Waals surface area contributed by atoms with Crippen molar-refractivity contribution in [3.05, 3.63) is 146 Å². The Hall–Kier alpha value is -5.28. The van der Waals surface area contributed by atoms with Crippen molar-refractivity contribution in [2.45, 2.75) is 0 Å². The third-order valence-corrected chi connectivity index (χ3v) is 7.05. The third-order valence-electron chi connectivity index (χ3n) is 7.05. The zero-order chi connectivity index (χ0) is 26.0. The maximum atomic E-state index is 6.94. The van der Waals surface area contributed by atoms with E-state index < -0.39 is 0 Å². The van der Waals surface area contributed by atoms with Crippen LogP contribution in [0.5, 0.6) is 0 Å². The molecular weight excluding hydrogens is 476 g/mol. The lowest BCUT2D eigenvalue weighted by Gasteiger charge is -2.13. The van der Waals surface area contributed by atoms with Gasteiger partial charge in [-0.05, 0) is 11.1 Å². The maximum Gasteiger partial charge on any atom is 0.147 e. The quantitative estimate of drug-likeness (QED) is 0.236. The molecule has 3 heteroatoms. The molecule has 0 amide bonds. The lowest BCUT2D eigenvalue weighted by atomic mass is 9.95. The third kappa shape index (κ3) is 4.11. The number of benzene rings is 5. The predicted molar refractivity (Wildman–Crippen MR) is 159 cm³/mol. The van der Waals surface area contributed by atoms with Gasteiger partial charge in [0, 0.05) is 27.5 Å². The van der Waals surface area contributed by atoms with E-state index in [2.05, 4.69) is 97.1 Å². The Bertz CT molecular complexity index is 1830. The number of hydrogen-bond donors (Lipinski definition) is 0. The van der Waals surface area contributed by atoms with Crippen LogP contribution in [-0.2, 0) is 0 Å². The van der Waals surface area contributed by atoms with Gasteiger partial charge in [-0.25, -0.2) is 9.97 Å². The Morgan fingerprint density at radius 3 is 1.38 bits per heavy atom. The number of furan rings is 1. The molecule has 184 valence electrons. The van der Waals surface area contributed by atoms with E-state index >= 15 is 0 Å². The van der Waals surface area contributed by atoms with Crippen molar-refractivity contribution >= 4 is 10.8 Å². The van der Waals surface area contributed by atoms with Crippen molar-refractivity contribution in [1.29, 1.82) is 0 Å². The highest BCUT2D eigenvalue weighted by atomic mass is 16.3. The van der Waals surface area contributed by atoms with E-state index in [1.165, 1.54) is 0 Å². The number of rotatable bonds is 5. The fraction of sp³-hybridized carbons (Fsp3) is 0. The number of aromatic nitrogens is 2. The van der Waals surface area contributed by atoms with Gasteiger partial charge in [0.05, 0.1) is 17.0 Å². The summed E-state index contributed by atoms with van der Waals surface area (Å²) in [4.78, 5) is 9.59. The Morgan fingerprint density at radius 1 is 0.385 bits per heavy atom. The average Bonchev–Trinajstić information content (AvgIpc) is 3.41. The Balaban J connectivity index is 1.55.